The van der Waals surface area contributed by atoms with E-state index in [-0.39, 0.29) is 11.8 Å². The van der Waals surface area contributed by atoms with Crippen LogP contribution in [-0.2, 0) is 9.59 Å². The van der Waals surface area contributed by atoms with Gasteiger partial charge in [0.05, 0.1) is 11.1 Å². The van der Waals surface area contributed by atoms with E-state index in [1.165, 1.54) is 6.08 Å². The standard InChI is InChI=1S/C9H9NO2/c1-3-5-7-6(4-2)8(11)10-9(7)12/h3-5H,2H2,1H3,(H,10,11,12)/b5-3-. The van der Waals surface area contributed by atoms with Crippen LogP contribution >= 0.6 is 0 Å². The molecule has 0 aromatic heterocycles. The lowest BCUT2D eigenvalue weighted by Gasteiger charge is -1.88. The Hall–Kier alpha value is -1.64. The molecule has 3 nitrogen and oxygen atoms in total. The van der Waals surface area contributed by atoms with Gasteiger partial charge in [0.2, 0.25) is 0 Å². The van der Waals surface area contributed by atoms with E-state index in [0.717, 1.165) is 0 Å². The maximum Gasteiger partial charge on any atom is 0.258 e. The van der Waals surface area contributed by atoms with Crippen molar-refractivity contribution in [3.8, 4) is 0 Å². The Bertz CT molecular complexity index is 310. The summed E-state index contributed by atoms with van der Waals surface area (Å²) in [7, 11) is 0. The Morgan fingerprint density at radius 2 is 1.83 bits per heavy atom. The van der Waals surface area contributed by atoms with Gasteiger partial charge in [0, 0.05) is 0 Å². The average Bonchev–Trinajstić information content (AvgIpc) is 2.28. The van der Waals surface area contributed by atoms with Crippen molar-refractivity contribution in [1.82, 2.24) is 5.32 Å². The van der Waals surface area contributed by atoms with E-state index < -0.39 is 0 Å². The van der Waals surface area contributed by atoms with Crippen molar-refractivity contribution in [2.24, 2.45) is 0 Å². The van der Waals surface area contributed by atoms with Gasteiger partial charge in [0.15, 0.2) is 0 Å². The minimum absolute atomic E-state index is 0.345. The number of amides is 2. The molecule has 0 aromatic carbocycles. The Balaban J connectivity index is 3.18. The van der Waals surface area contributed by atoms with Gasteiger partial charge in [-0.3, -0.25) is 14.9 Å². The molecular weight excluding hydrogens is 154 g/mol. The summed E-state index contributed by atoms with van der Waals surface area (Å²) < 4.78 is 0. The Kier molecular flexibility index (Phi) is 2.24. The Labute approximate surface area is 70.5 Å². The van der Waals surface area contributed by atoms with Crippen LogP contribution in [0.3, 0.4) is 0 Å². The van der Waals surface area contributed by atoms with Crippen molar-refractivity contribution < 1.29 is 9.59 Å². The third-order valence-corrected chi connectivity index (χ3v) is 1.54. The zero-order valence-electron chi connectivity index (χ0n) is 6.76. The smallest absolute Gasteiger partial charge is 0.258 e. The molecule has 0 saturated carbocycles. The number of allylic oxidation sites excluding steroid dienone is 1. The van der Waals surface area contributed by atoms with E-state index in [4.69, 9.17) is 0 Å². The van der Waals surface area contributed by atoms with Gasteiger partial charge in [0.25, 0.3) is 11.8 Å². The second-order valence-electron chi connectivity index (χ2n) is 2.31. The van der Waals surface area contributed by atoms with Gasteiger partial charge in [-0.05, 0) is 6.92 Å². The number of nitrogens with one attached hydrogen (secondary N) is 1. The van der Waals surface area contributed by atoms with Crippen LogP contribution in [0, 0.1) is 0 Å². The molecule has 0 atom stereocenters. The molecule has 0 unspecified atom stereocenters. The van der Waals surface area contributed by atoms with E-state index in [0.29, 0.717) is 11.1 Å². The highest BCUT2D eigenvalue weighted by Gasteiger charge is 2.25. The van der Waals surface area contributed by atoms with Gasteiger partial charge in [-0.15, -0.1) is 0 Å². The highest BCUT2D eigenvalue weighted by atomic mass is 16.2. The lowest BCUT2D eigenvalue weighted by molar-refractivity contribution is -0.123. The Morgan fingerprint density at radius 1 is 1.25 bits per heavy atom. The van der Waals surface area contributed by atoms with Crippen molar-refractivity contribution in [1.29, 1.82) is 0 Å². The number of carbonyl (C=O) groups excluding carboxylic acids is 2. The molecule has 1 heterocycles. The fourth-order valence-corrected chi connectivity index (χ4v) is 1.02. The zero-order chi connectivity index (χ0) is 9.14. The minimum atomic E-state index is -0.372. The van der Waals surface area contributed by atoms with Crippen LogP contribution in [0.15, 0.2) is 36.0 Å². The fourth-order valence-electron chi connectivity index (χ4n) is 1.02. The van der Waals surface area contributed by atoms with Gasteiger partial charge in [0.1, 0.15) is 0 Å². The lowest BCUT2D eigenvalue weighted by Crippen LogP contribution is -2.22. The summed E-state index contributed by atoms with van der Waals surface area (Å²) in [5.41, 5.74) is 0.732. The van der Waals surface area contributed by atoms with E-state index >= 15 is 0 Å². The SMILES string of the molecule is C=CC1=C(/C=C\C)C(=O)NC1=O. The van der Waals surface area contributed by atoms with Gasteiger partial charge < -0.3 is 0 Å². The molecule has 0 fully saturated rings. The van der Waals surface area contributed by atoms with Crippen molar-refractivity contribution >= 4 is 11.8 Å². The normalized spacial score (nSPS) is 17.4. The van der Waals surface area contributed by atoms with Crippen molar-refractivity contribution in [3.63, 3.8) is 0 Å². The molecular formula is C9H9NO2. The lowest BCUT2D eigenvalue weighted by atomic mass is 10.1. The van der Waals surface area contributed by atoms with Crippen LogP contribution in [0.1, 0.15) is 6.92 Å². The molecule has 3 heteroatoms. The molecule has 0 aromatic rings. The molecule has 1 aliphatic heterocycles. The largest absolute Gasteiger partial charge is 0.288 e. The molecule has 0 saturated heterocycles. The molecule has 12 heavy (non-hydrogen) atoms. The predicted octanol–water partition coefficient (Wildman–Crippen LogP) is 0.701. The van der Waals surface area contributed by atoms with Crippen LogP contribution in [0.5, 0.6) is 0 Å². The summed E-state index contributed by atoms with van der Waals surface area (Å²) in [6.07, 6.45) is 4.68. The molecule has 0 bridgehead atoms. The summed E-state index contributed by atoms with van der Waals surface area (Å²) >= 11 is 0. The number of carbonyl (C=O) groups is 2. The molecule has 2 amide bonds. The zero-order valence-corrected chi connectivity index (χ0v) is 6.76. The van der Waals surface area contributed by atoms with Crippen LogP contribution in [0.4, 0.5) is 0 Å². The summed E-state index contributed by atoms with van der Waals surface area (Å²) in [6, 6.07) is 0. The highest BCUT2D eigenvalue weighted by molar-refractivity contribution is 6.21. The maximum atomic E-state index is 11.1. The molecule has 1 N–H and O–H groups in total. The van der Waals surface area contributed by atoms with E-state index in [2.05, 4.69) is 11.9 Å². The van der Waals surface area contributed by atoms with Gasteiger partial charge in [-0.25, -0.2) is 0 Å². The Morgan fingerprint density at radius 3 is 2.33 bits per heavy atom. The van der Waals surface area contributed by atoms with Crippen LogP contribution < -0.4 is 5.32 Å². The summed E-state index contributed by atoms with van der Waals surface area (Å²) in [6.45, 7) is 5.24. The molecule has 0 spiro atoms. The van der Waals surface area contributed by atoms with Crippen LogP contribution in [0.25, 0.3) is 0 Å². The van der Waals surface area contributed by atoms with Crippen molar-refractivity contribution in [2.45, 2.75) is 6.92 Å². The molecule has 0 radical (unpaired) electrons. The first-order valence-electron chi connectivity index (χ1n) is 3.55. The van der Waals surface area contributed by atoms with Gasteiger partial charge >= 0.3 is 0 Å². The third-order valence-electron chi connectivity index (χ3n) is 1.54. The summed E-state index contributed by atoms with van der Waals surface area (Å²) in [5, 5.41) is 2.18. The minimum Gasteiger partial charge on any atom is -0.288 e. The molecule has 1 rings (SSSR count). The molecule has 62 valence electrons. The monoisotopic (exact) mass is 163 g/mol. The summed E-state index contributed by atoms with van der Waals surface area (Å²) in [5.74, 6) is -0.726. The number of rotatable bonds is 2. The fraction of sp³-hybridized carbons (Fsp3) is 0.111. The quantitative estimate of drug-likeness (QED) is 0.609. The van der Waals surface area contributed by atoms with Crippen molar-refractivity contribution in [3.05, 3.63) is 36.0 Å². The first-order valence-corrected chi connectivity index (χ1v) is 3.55. The number of hydrogen-bond acceptors (Lipinski definition) is 2. The van der Waals surface area contributed by atoms with Gasteiger partial charge in [-0.1, -0.05) is 24.8 Å². The van der Waals surface area contributed by atoms with Crippen LogP contribution in [-0.4, -0.2) is 11.8 Å². The van der Waals surface area contributed by atoms with Crippen molar-refractivity contribution in [2.75, 3.05) is 0 Å². The van der Waals surface area contributed by atoms with Gasteiger partial charge in [-0.2, -0.15) is 0 Å². The molecule has 1 aliphatic rings. The highest BCUT2D eigenvalue weighted by Crippen LogP contribution is 2.14. The predicted molar refractivity (Wildman–Crippen MR) is 45.2 cm³/mol. The average molecular weight is 163 g/mol. The topological polar surface area (TPSA) is 46.2 Å². The number of imide groups is 1. The molecule has 0 aliphatic carbocycles. The summed E-state index contributed by atoms with van der Waals surface area (Å²) in [4.78, 5) is 22.1. The van der Waals surface area contributed by atoms with E-state index in [1.54, 1.807) is 19.1 Å². The third kappa shape index (κ3) is 1.21. The second-order valence-corrected chi connectivity index (χ2v) is 2.31. The first kappa shape index (κ1) is 8.46. The second kappa shape index (κ2) is 3.17. The van der Waals surface area contributed by atoms with E-state index in [1.807, 2.05) is 0 Å². The first-order chi connectivity index (χ1) is 5.70. The number of hydrogen-bond donors (Lipinski definition) is 1. The maximum absolute atomic E-state index is 11.1. The van der Waals surface area contributed by atoms with Crippen LogP contribution in [0.2, 0.25) is 0 Å². The van der Waals surface area contributed by atoms with E-state index in [9.17, 15) is 9.59 Å².